The third-order valence-electron chi connectivity index (χ3n) is 6.94. The van der Waals surface area contributed by atoms with E-state index >= 15 is 0 Å². The van der Waals surface area contributed by atoms with Crippen LogP contribution in [0.5, 0.6) is 5.75 Å². The summed E-state index contributed by atoms with van der Waals surface area (Å²) in [5.41, 5.74) is 1.45. The van der Waals surface area contributed by atoms with Crippen molar-refractivity contribution in [2.45, 2.75) is 0 Å². The molecule has 0 unspecified atom stereocenters. The van der Waals surface area contributed by atoms with Crippen molar-refractivity contribution in [2.24, 2.45) is 0 Å². The van der Waals surface area contributed by atoms with Crippen molar-refractivity contribution in [3.63, 3.8) is 0 Å². The number of rotatable bonds is 6. The molecule has 6 rings (SSSR count). The second-order valence-corrected chi connectivity index (χ2v) is 12.5. The van der Waals surface area contributed by atoms with Crippen LogP contribution in [0.2, 0.25) is 0 Å². The minimum Gasteiger partial charge on any atom is -0.503 e. The van der Waals surface area contributed by atoms with E-state index in [9.17, 15) is 9.90 Å². The highest BCUT2D eigenvalue weighted by Gasteiger charge is 2.53. The Morgan fingerprint density at radius 3 is 1.26 bits per heavy atom. The van der Waals surface area contributed by atoms with Crippen LogP contribution in [-0.4, -0.2) is 5.11 Å². The van der Waals surface area contributed by atoms with Crippen LogP contribution in [0.1, 0.15) is 0 Å². The van der Waals surface area contributed by atoms with Gasteiger partial charge >= 0.3 is 5.63 Å². The van der Waals surface area contributed by atoms with Gasteiger partial charge in [0.25, 0.3) is 0 Å². The lowest BCUT2D eigenvalue weighted by atomic mass is 10.00. The van der Waals surface area contributed by atoms with Crippen LogP contribution in [-0.2, 0) is 0 Å². The standard InChI is InChI=1S/C35H25O3P/c36-32-31(26-16-6-1-7-17-26)33(27-18-8-2-9-19-27)38-35(37)34(32)39(28-20-10-3-11-21-28,29-22-12-4-13-23-29)30-24-14-5-15-25-30/h1-25H/p+1. The number of benzene rings is 5. The number of hydrogen-bond donors (Lipinski definition) is 1. The predicted molar refractivity (Wildman–Crippen MR) is 162 cm³/mol. The first-order valence-corrected chi connectivity index (χ1v) is 14.6. The molecule has 0 saturated heterocycles. The van der Waals surface area contributed by atoms with E-state index in [2.05, 4.69) is 0 Å². The van der Waals surface area contributed by atoms with E-state index in [1.807, 2.05) is 152 Å². The Hall–Kier alpha value is -4.72. The van der Waals surface area contributed by atoms with Gasteiger partial charge in [-0.3, -0.25) is 0 Å². The normalized spacial score (nSPS) is 11.3. The Labute approximate surface area is 228 Å². The van der Waals surface area contributed by atoms with Crippen LogP contribution in [0.15, 0.2) is 161 Å². The molecule has 0 aliphatic carbocycles. The van der Waals surface area contributed by atoms with Crippen molar-refractivity contribution in [1.29, 1.82) is 0 Å². The molecular formula is C35H26O3P+. The van der Waals surface area contributed by atoms with E-state index in [0.717, 1.165) is 27.0 Å². The van der Waals surface area contributed by atoms with Crippen LogP contribution in [0.25, 0.3) is 22.5 Å². The van der Waals surface area contributed by atoms with Crippen molar-refractivity contribution < 1.29 is 9.52 Å². The zero-order valence-corrected chi connectivity index (χ0v) is 22.0. The Morgan fingerprint density at radius 2 is 0.846 bits per heavy atom. The van der Waals surface area contributed by atoms with Crippen molar-refractivity contribution in [3.8, 4) is 28.2 Å². The molecule has 0 saturated carbocycles. The van der Waals surface area contributed by atoms with E-state index in [1.54, 1.807) is 0 Å². The Kier molecular flexibility index (Phi) is 6.67. The molecule has 188 valence electrons. The number of hydrogen-bond acceptors (Lipinski definition) is 3. The molecule has 0 atom stereocenters. The summed E-state index contributed by atoms with van der Waals surface area (Å²) in [5.74, 6) is 0.293. The molecule has 6 aromatic rings. The summed E-state index contributed by atoms with van der Waals surface area (Å²) >= 11 is 0. The summed E-state index contributed by atoms with van der Waals surface area (Å²) < 4.78 is 6.24. The van der Waals surface area contributed by atoms with Gasteiger partial charge in [0.05, 0.1) is 5.56 Å². The van der Waals surface area contributed by atoms with Gasteiger partial charge in [-0.15, -0.1) is 0 Å². The molecule has 39 heavy (non-hydrogen) atoms. The summed E-state index contributed by atoms with van der Waals surface area (Å²) in [7, 11) is -2.90. The maximum Gasteiger partial charge on any atom is 0.384 e. The average Bonchev–Trinajstić information content (AvgIpc) is 3.01. The maximum absolute atomic E-state index is 14.3. The van der Waals surface area contributed by atoms with Gasteiger partial charge in [0, 0.05) is 5.56 Å². The molecule has 0 spiro atoms. The molecule has 0 radical (unpaired) electrons. The fraction of sp³-hybridized carbons (Fsp3) is 0. The predicted octanol–water partition coefficient (Wildman–Crippen LogP) is 6.30. The monoisotopic (exact) mass is 525 g/mol. The molecule has 4 heteroatoms. The van der Waals surface area contributed by atoms with Crippen molar-refractivity contribution in [3.05, 3.63) is 162 Å². The first kappa shape index (κ1) is 24.6. The van der Waals surface area contributed by atoms with Crippen molar-refractivity contribution in [1.82, 2.24) is 0 Å². The molecule has 0 bridgehead atoms. The van der Waals surface area contributed by atoms with E-state index in [0.29, 0.717) is 11.3 Å². The third-order valence-corrected chi connectivity index (χ3v) is 11.2. The lowest BCUT2D eigenvalue weighted by Gasteiger charge is -2.27. The van der Waals surface area contributed by atoms with Gasteiger partial charge < -0.3 is 9.52 Å². The summed E-state index contributed by atoms with van der Waals surface area (Å²) in [4.78, 5) is 14.3. The fourth-order valence-electron chi connectivity index (χ4n) is 5.27. The van der Waals surface area contributed by atoms with Gasteiger partial charge in [0.1, 0.15) is 21.7 Å². The minimum atomic E-state index is -2.90. The van der Waals surface area contributed by atoms with Gasteiger partial charge in [-0.1, -0.05) is 115 Å². The Bertz CT molecular complexity index is 1650. The van der Waals surface area contributed by atoms with E-state index in [-0.39, 0.29) is 11.1 Å². The highest BCUT2D eigenvalue weighted by atomic mass is 31.2. The highest BCUT2D eigenvalue weighted by molar-refractivity contribution is 8.01. The van der Waals surface area contributed by atoms with Gasteiger partial charge in [-0.05, 0) is 42.0 Å². The summed E-state index contributed by atoms with van der Waals surface area (Å²) in [5, 5.41) is 15.5. The first-order valence-electron chi connectivity index (χ1n) is 12.8. The van der Waals surface area contributed by atoms with E-state index < -0.39 is 12.9 Å². The molecule has 0 aliphatic rings. The van der Waals surface area contributed by atoms with Crippen LogP contribution in [0.3, 0.4) is 0 Å². The Morgan fingerprint density at radius 1 is 0.487 bits per heavy atom. The second-order valence-electron chi connectivity index (χ2n) is 9.20. The van der Waals surface area contributed by atoms with Crippen LogP contribution in [0.4, 0.5) is 0 Å². The van der Waals surface area contributed by atoms with Crippen molar-refractivity contribution >= 4 is 28.5 Å². The second kappa shape index (κ2) is 10.6. The fourth-order valence-corrected chi connectivity index (χ4v) is 9.54. The first-order chi connectivity index (χ1) is 19.2. The maximum atomic E-state index is 14.3. The average molecular weight is 526 g/mol. The third kappa shape index (κ3) is 4.27. The molecule has 1 aromatic heterocycles. The molecule has 0 aliphatic heterocycles. The molecule has 1 N–H and O–H groups in total. The minimum absolute atomic E-state index is 0.0544. The van der Waals surface area contributed by atoms with Gasteiger partial charge in [0.2, 0.25) is 5.30 Å². The smallest absolute Gasteiger partial charge is 0.384 e. The number of aromatic hydroxyl groups is 1. The quantitative estimate of drug-likeness (QED) is 0.260. The lowest BCUT2D eigenvalue weighted by molar-refractivity contribution is 0.463. The summed E-state index contributed by atoms with van der Waals surface area (Å²) in [6, 6.07) is 49.1. The van der Waals surface area contributed by atoms with Crippen LogP contribution in [0, 0.1) is 0 Å². The SMILES string of the molecule is O=c1oc(-c2ccccc2)c(-c2ccccc2)c(O)c1[P+](c1ccccc1)(c1ccccc1)c1ccccc1. The van der Waals surface area contributed by atoms with Crippen LogP contribution < -0.4 is 26.8 Å². The highest BCUT2D eigenvalue weighted by Crippen LogP contribution is 2.56. The molecule has 0 amide bonds. The zero-order valence-electron chi connectivity index (χ0n) is 21.1. The van der Waals surface area contributed by atoms with E-state index in [1.165, 1.54) is 0 Å². The zero-order chi connectivity index (χ0) is 26.7. The molecular weight excluding hydrogens is 499 g/mol. The molecule has 1 heterocycles. The summed E-state index contributed by atoms with van der Waals surface area (Å²) in [6.07, 6.45) is 0. The van der Waals surface area contributed by atoms with Gasteiger partial charge in [0.15, 0.2) is 13.0 Å². The molecule has 5 aromatic carbocycles. The van der Waals surface area contributed by atoms with Gasteiger partial charge in [-0.25, -0.2) is 4.79 Å². The van der Waals surface area contributed by atoms with Crippen molar-refractivity contribution in [2.75, 3.05) is 0 Å². The topological polar surface area (TPSA) is 50.4 Å². The lowest BCUT2D eigenvalue weighted by Crippen LogP contribution is -2.44. The van der Waals surface area contributed by atoms with Gasteiger partial charge in [-0.2, -0.15) is 0 Å². The largest absolute Gasteiger partial charge is 0.503 e. The Balaban J connectivity index is 1.81. The molecule has 0 fully saturated rings. The van der Waals surface area contributed by atoms with Crippen LogP contribution >= 0.6 is 7.26 Å². The van der Waals surface area contributed by atoms with E-state index in [4.69, 9.17) is 4.42 Å². The summed E-state index contributed by atoms with van der Waals surface area (Å²) in [6.45, 7) is 0. The molecule has 3 nitrogen and oxygen atoms in total.